The van der Waals surface area contributed by atoms with Crippen molar-refractivity contribution in [1.29, 1.82) is 0 Å². The number of carbonyl (C=O) groups excluding carboxylic acids is 1. The van der Waals surface area contributed by atoms with Crippen LogP contribution in [0.3, 0.4) is 0 Å². The van der Waals surface area contributed by atoms with Gasteiger partial charge in [-0.2, -0.15) is 0 Å². The molecule has 31 heavy (non-hydrogen) atoms. The predicted molar refractivity (Wildman–Crippen MR) is 122 cm³/mol. The lowest BCUT2D eigenvalue weighted by atomic mass is 9.59. The van der Waals surface area contributed by atoms with Crippen molar-refractivity contribution in [2.45, 2.75) is 24.8 Å². The monoisotopic (exact) mass is 427 g/mol. The number of aromatic nitrogens is 2. The van der Waals surface area contributed by atoms with E-state index >= 15 is 0 Å². The SMILES string of the molecule is O=C(Cn1cnc2sccc2c1=O)NCC1CC2c3ccccc3C1c1ccccc12. The van der Waals surface area contributed by atoms with Crippen molar-refractivity contribution in [1.82, 2.24) is 14.9 Å². The Labute approximate surface area is 183 Å². The molecule has 1 amide bonds. The minimum absolute atomic E-state index is 0.00832. The van der Waals surface area contributed by atoms with Crippen molar-refractivity contribution in [2.24, 2.45) is 5.92 Å². The van der Waals surface area contributed by atoms with E-state index in [1.165, 1.54) is 44.5 Å². The molecule has 1 atom stereocenters. The van der Waals surface area contributed by atoms with Crippen molar-refractivity contribution in [3.05, 3.63) is 98.9 Å². The van der Waals surface area contributed by atoms with Gasteiger partial charge in [-0.3, -0.25) is 14.2 Å². The molecule has 0 spiro atoms. The third kappa shape index (κ3) is 2.93. The Kier molecular flexibility index (Phi) is 4.28. The fourth-order valence-electron chi connectivity index (χ4n) is 5.42. The number of benzene rings is 2. The van der Waals surface area contributed by atoms with Gasteiger partial charge in [0.05, 0.1) is 11.7 Å². The second-order valence-electron chi connectivity index (χ2n) is 8.41. The van der Waals surface area contributed by atoms with E-state index in [0.717, 1.165) is 6.42 Å². The van der Waals surface area contributed by atoms with E-state index in [0.29, 0.717) is 34.5 Å². The normalized spacial score (nSPS) is 21.0. The van der Waals surface area contributed by atoms with E-state index < -0.39 is 0 Å². The molecule has 6 heteroatoms. The van der Waals surface area contributed by atoms with Crippen molar-refractivity contribution < 1.29 is 4.79 Å². The van der Waals surface area contributed by atoms with Crippen LogP contribution in [0.25, 0.3) is 10.2 Å². The Balaban J connectivity index is 1.22. The van der Waals surface area contributed by atoms with Crippen molar-refractivity contribution in [3.63, 3.8) is 0 Å². The molecule has 0 aliphatic heterocycles. The molecule has 0 fully saturated rings. The van der Waals surface area contributed by atoms with Gasteiger partial charge in [0.15, 0.2) is 0 Å². The molecule has 2 aromatic carbocycles. The summed E-state index contributed by atoms with van der Waals surface area (Å²) in [6.45, 7) is 0.594. The predicted octanol–water partition coefficient (Wildman–Crippen LogP) is 3.87. The summed E-state index contributed by atoms with van der Waals surface area (Å²) in [5.41, 5.74) is 5.46. The molecule has 1 N–H and O–H groups in total. The molecule has 2 heterocycles. The summed E-state index contributed by atoms with van der Waals surface area (Å²) < 4.78 is 1.39. The van der Waals surface area contributed by atoms with Crippen LogP contribution in [-0.4, -0.2) is 22.0 Å². The minimum atomic E-state index is -0.166. The molecule has 0 saturated heterocycles. The summed E-state index contributed by atoms with van der Waals surface area (Å²) in [5, 5.41) is 5.50. The molecule has 0 saturated carbocycles. The maximum Gasteiger partial charge on any atom is 0.262 e. The van der Waals surface area contributed by atoms with Crippen LogP contribution in [0.5, 0.6) is 0 Å². The Hall–Kier alpha value is -3.25. The van der Waals surface area contributed by atoms with Crippen LogP contribution in [0.1, 0.15) is 40.5 Å². The molecule has 4 aromatic rings. The molecule has 1 unspecified atom stereocenters. The molecular weight excluding hydrogens is 406 g/mol. The number of carbonyl (C=O) groups is 1. The van der Waals surface area contributed by atoms with Gasteiger partial charge in [0.1, 0.15) is 11.4 Å². The van der Waals surface area contributed by atoms with Gasteiger partial charge < -0.3 is 5.32 Å². The van der Waals surface area contributed by atoms with Crippen LogP contribution >= 0.6 is 11.3 Å². The average Bonchev–Trinajstić information content (AvgIpc) is 3.29. The van der Waals surface area contributed by atoms with E-state index in [-0.39, 0.29) is 18.0 Å². The number of nitrogens with one attached hydrogen (secondary N) is 1. The Morgan fingerprint density at radius 2 is 1.71 bits per heavy atom. The maximum atomic E-state index is 12.7. The van der Waals surface area contributed by atoms with Gasteiger partial charge in [0, 0.05) is 18.4 Å². The molecule has 7 rings (SSSR count). The van der Waals surface area contributed by atoms with E-state index in [1.807, 2.05) is 5.38 Å². The lowest BCUT2D eigenvalue weighted by Gasteiger charge is -2.45. The molecule has 3 aliphatic carbocycles. The lowest BCUT2D eigenvalue weighted by Crippen LogP contribution is -2.41. The largest absolute Gasteiger partial charge is 0.354 e. The zero-order chi connectivity index (χ0) is 20.9. The van der Waals surface area contributed by atoms with Crippen LogP contribution in [0.15, 0.2) is 71.1 Å². The van der Waals surface area contributed by atoms with Gasteiger partial charge in [0.25, 0.3) is 5.56 Å². The first-order valence-corrected chi connectivity index (χ1v) is 11.5. The number of fused-ring (bicyclic) bond motifs is 2. The highest BCUT2D eigenvalue weighted by atomic mass is 32.1. The summed E-state index contributed by atoms with van der Waals surface area (Å²) in [6, 6.07) is 19.2. The van der Waals surface area contributed by atoms with E-state index in [1.54, 1.807) is 6.07 Å². The summed E-state index contributed by atoms with van der Waals surface area (Å²) >= 11 is 1.43. The Bertz CT molecular complexity index is 1320. The van der Waals surface area contributed by atoms with Crippen LogP contribution in [0, 0.1) is 5.92 Å². The van der Waals surface area contributed by atoms with E-state index in [9.17, 15) is 9.59 Å². The average molecular weight is 428 g/mol. The number of hydrogen-bond donors (Lipinski definition) is 1. The highest BCUT2D eigenvalue weighted by molar-refractivity contribution is 7.16. The van der Waals surface area contributed by atoms with Crippen LogP contribution in [0.2, 0.25) is 0 Å². The standard InChI is InChI=1S/C25H21N3O2S/c29-22(13-28-14-27-24-20(25(28)30)9-10-31-24)26-12-15-11-21-16-5-1-3-7-18(16)23(15)19-8-4-2-6-17(19)21/h1-10,14-15,21,23H,11-13H2,(H,26,29). The zero-order valence-corrected chi connectivity index (χ0v) is 17.6. The molecule has 2 bridgehead atoms. The van der Waals surface area contributed by atoms with Gasteiger partial charge in [-0.05, 0) is 46.0 Å². The smallest absolute Gasteiger partial charge is 0.262 e. The quantitative estimate of drug-likeness (QED) is 0.538. The third-order valence-electron chi connectivity index (χ3n) is 6.75. The van der Waals surface area contributed by atoms with Gasteiger partial charge in [0.2, 0.25) is 5.91 Å². The zero-order valence-electron chi connectivity index (χ0n) is 16.8. The Morgan fingerprint density at radius 3 is 2.42 bits per heavy atom. The fourth-order valence-corrected chi connectivity index (χ4v) is 6.14. The highest BCUT2D eigenvalue weighted by Crippen LogP contribution is 2.55. The second kappa shape index (κ2) is 7.17. The van der Waals surface area contributed by atoms with Gasteiger partial charge in [-0.1, -0.05) is 48.5 Å². The number of rotatable bonds is 4. The van der Waals surface area contributed by atoms with Crippen molar-refractivity contribution in [2.75, 3.05) is 6.54 Å². The van der Waals surface area contributed by atoms with E-state index in [2.05, 4.69) is 58.8 Å². The molecular formula is C25H21N3O2S. The van der Waals surface area contributed by atoms with Crippen LogP contribution in [-0.2, 0) is 11.3 Å². The molecule has 5 nitrogen and oxygen atoms in total. The first-order chi connectivity index (χ1) is 15.2. The van der Waals surface area contributed by atoms with Gasteiger partial charge in [-0.25, -0.2) is 4.98 Å². The Morgan fingerprint density at radius 1 is 1.03 bits per heavy atom. The second-order valence-corrected chi connectivity index (χ2v) is 9.30. The molecule has 3 aliphatic rings. The minimum Gasteiger partial charge on any atom is -0.354 e. The maximum absolute atomic E-state index is 12.7. The number of nitrogens with zero attached hydrogens (tertiary/aromatic N) is 2. The van der Waals surface area contributed by atoms with Gasteiger partial charge in [-0.15, -0.1) is 11.3 Å². The number of hydrogen-bond acceptors (Lipinski definition) is 4. The summed E-state index contributed by atoms with van der Waals surface area (Å²) in [7, 11) is 0. The van der Waals surface area contributed by atoms with Crippen LogP contribution in [0.4, 0.5) is 0 Å². The third-order valence-corrected chi connectivity index (χ3v) is 7.57. The van der Waals surface area contributed by atoms with Crippen molar-refractivity contribution in [3.8, 4) is 0 Å². The molecule has 2 aromatic heterocycles. The number of thiophene rings is 1. The van der Waals surface area contributed by atoms with Crippen LogP contribution < -0.4 is 10.9 Å². The summed E-state index contributed by atoms with van der Waals surface area (Å²) in [5.74, 6) is 0.866. The van der Waals surface area contributed by atoms with E-state index in [4.69, 9.17) is 0 Å². The topological polar surface area (TPSA) is 64.0 Å². The van der Waals surface area contributed by atoms with Crippen molar-refractivity contribution >= 4 is 27.5 Å². The fraction of sp³-hybridized carbons (Fsp3) is 0.240. The summed E-state index contributed by atoms with van der Waals surface area (Å²) in [6.07, 6.45) is 2.50. The molecule has 154 valence electrons. The number of amides is 1. The van der Waals surface area contributed by atoms with Gasteiger partial charge >= 0.3 is 0 Å². The molecule has 0 radical (unpaired) electrons. The summed E-state index contributed by atoms with van der Waals surface area (Å²) in [4.78, 5) is 30.2. The highest BCUT2D eigenvalue weighted by Gasteiger charge is 2.42. The first kappa shape index (κ1) is 18.5. The first-order valence-electron chi connectivity index (χ1n) is 10.6. The lowest BCUT2D eigenvalue weighted by molar-refractivity contribution is -0.122.